The molecule has 1 fully saturated rings. The summed E-state index contributed by atoms with van der Waals surface area (Å²) in [6, 6.07) is 0. The number of hydrogen-bond donors (Lipinski definition) is 1. The fraction of sp³-hybridized carbons (Fsp3) is 0.500. The second-order valence-electron chi connectivity index (χ2n) is 1.39. The molecular formula is C4H8O3S. The van der Waals surface area contributed by atoms with E-state index < -0.39 is 10.5 Å². The molecule has 0 aliphatic carbocycles. The van der Waals surface area contributed by atoms with E-state index in [1.165, 1.54) is 5.41 Å². The van der Waals surface area contributed by atoms with E-state index in [4.69, 9.17) is 8.37 Å². The van der Waals surface area contributed by atoms with E-state index in [1.807, 2.05) is 0 Å². The molecule has 0 N–H and O–H groups in total. The Morgan fingerprint density at radius 2 is 2.00 bits per heavy atom. The van der Waals surface area contributed by atoms with Gasteiger partial charge in [-0.05, 0) is 0 Å². The lowest BCUT2D eigenvalue weighted by Crippen LogP contribution is -2.04. The molecule has 0 aromatic rings. The third kappa shape index (κ3) is 0.964. The van der Waals surface area contributed by atoms with Crippen molar-refractivity contribution in [3.05, 3.63) is 12.0 Å². The summed E-state index contributed by atoms with van der Waals surface area (Å²) in [5.41, 5.74) is 0. The first-order valence-corrected chi connectivity index (χ1v) is 3.90. The quantitative estimate of drug-likeness (QED) is 0.516. The molecule has 1 rings (SSSR count). The van der Waals surface area contributed by atoms with E-state index in [9.17, 15) is 4.21 Å². The fourth-order valence-corrected chi connectivity index (χ4v) is 1.42. The standard InChI is InChI=1S/C4H8O3S/c1-2-8(5)6-3-4-7-8/h2,8H,1,3-4H2. The van der Waals surface area contributed by atoms with Gasteiger partial charge in [-0.15, -0.1) is 0 Å². The van der Waals surface area contributed by atoms with Crippen molar-refractivity contribution >= 4 is 10.5 Å². The van der Waals surface area contributed by atoms with Crippen LogP contribution in [0.2, 0.25) is 0 Å². The lowest BCUT2D eigenvalue weighted by atomic mass is 10.8. The first-order chi connectivity index (χ1) is 3.77. The monoisotopic (exact) mass is 136 g/mol. The summed E-state index contributed by atoms with van der Waals surface area (Å²) in [5.74, 6) is 0. The molecule has 0 spiro atoms. The van der Waals surface area contributed by atoms with Gasteiger partial charge in [0, 0.05) is 5.41 Å². The van der Waals surface area contributed by atoms with E-state index in [2.05, 4.69) is 6.58 Å². The Balaban J connectivity index is 2.66. The average Bonchev–Trinajstić information content (AvgIpc) is 2.17. The summed E-state index contributed by atoms with van der Waals surface area (Å²) >= 11 is 0. The van der Waals surface area contributed by atoms with Crippen molar-refractivity contribution in [3.8, 4) is 0 Å². The SMILES string of the molecule is C=C[SH]1(=O)OCCO1. The van der Waals surface area contributed by atoms with Crippen molar-refractivity contribution in [2.75, 3.05) is 13.2 Å². The Bertz CT molecular complexity index is 132. The van der Waals surface area contributed by atoms with Crippen LogP contribution in [-0.4, -0.2) is 17.4 Å². The molecule has 8 heavy (non-hydrogen) atoms. The second kappa shape index (κ2) is 1.97. The van der Waals surface area contributed by atoms with E-state index in [-0.39, 0.29) is 0 Å². The van der Waals surface area contributed by atoms with Crippen LogP contribution in [0.15, 0.2) is 12.0 Å². The van der Waals surface area contributed by atoms with Crippen molar-refractivity contribution < 1.29 is 12.6 Å². The Morgan fingerprint density at radius 1 is 1.50 bits per heavy atom. The van der Waals surface area contributed by atoms with Gasteiger partial charge in [-0.1, -0.05) is 6.58 Å². The largest absolute Gasteiger partial charge is 0.288 e. The molecule has 0 bridgehead atoms. The Kier molecular flexibility index (Phi) is 1.46. The minimum atomic E-state index is -2.79. The van der Waals surface area contributed by atoms with Gasteiger partial charge in [-0.2, -0.15) is 0 Å². The van der Waals surface area contributed by atoms with E-state index in [0.717, 1.165) is 0 Å². The number of thiol groups is 1. The van der Waals surface area contributed by atoms with Gasteiger partial charge in [-0.3, -0.25) is 8.37 Å². The summed E-state index contributed by atoms with van der Waals surface area (Å²) in [7, 11) is -2.79. The van der Waals surface area contributed by atoms with Crippen LogP contribution in [0.3, 0.4) is 0 Å². The normalized spacial score (nSPS) is 29.5. The highest BCUT2D eigenvalue weighted by Gasteiger charge is 2.16. The van der Waals surface area contributed by atoms with Crippen molar-refractivity contribution in [2.24, 2.45) is 0 Å². The maximum atomic E-state index is 10.8. The molecular weight excluding hydrogens is 128 g/mol. The number of hydrogen-bond acceptors (Lipinski definition) is 3. The van der Waals surface area contributed by atoms with Gasteiger partial charge < -0.3 is 0 Å². The minimum absolute atomic E-state index is 0.420. The molecule has 0 atom stereocenters. The predicted molar refractivity (Wildman–Crippen MR) is 31.6 cm³/mol. The predicted octanol–water partition coefficient (Wildman–Crippen LogP) is 0.0234. The van der Waals surface area contributed by atoms with Crippen LogP contribution in [0.1, 0.15) is 0 Å². The summed E-state index contributed by atoms with van der Waals surface area (Å²) in [6.45, 7) is 4.14. The van der Waals surface area contributed by atoms with Gasteiger partial charge in [0.05, 0.1) is 23.7 Å². The molecule has 0 amide bonds. The smallest absolute Gasteiger partial charge is 0.0973 e. The van der Waals surface area contributed by atoms with E-state index in [0.29, 0.717) is 13.2 Å². The third-order valence-electron chi connectivity index (χ3n) is 0.849. The van der Waals surface area contributed by atoms with Crippen LogP contribution in [0.25, 0.3) is 0 Å². The molecule has 1 heterocycles. The van der Waals surface area contributed by atoms with Gasteiger partial charge >= 0.3 is 0 Å². The first-order valence-electron chi connectivity index (χ1n) is 2.29. The molecule has 0 aromatic heterocycles. The molecule has 1 saturated heterocycles. The highest BCUT2D eigenvalue weighted by atomic mass is 32.3. The number of rotatable bonds is 1. The summed E-state index contributed by atoms with van der Waals surface area (Å²) in [6.07, 6.45) is 0. The van der Waals surface area contributed by atoms with Crippen LogP contribution >= 0.6 is 0 Å². The second-order valence-corrected chi connectivity index (χ2v) is 3.35. The summed E-state index contributed by atoms with van der Waals surface area (Å²) < 4.78 is 20.2. The van der Waals surface area contributed by atoms with Crippen molar-refractivity contribution in [1.82, 2.24) is 0 Å². The third-order valence-corrected chi connectivity index (χ3v) is 2.38. The van der Waals surface area contributed by atoms with Gasteiger partial charge in [0.2, 0.25) is 0 Å². The lowest BCUT2D eigenvalue weighted by molar-refractivity contribution is 0.365. The molecule has 1 aliphatic heterocycles. The van der Waals surface area contributed by atoms with Gasteiger partial charge in [0.15, 0.2) is 0 Å². The Labute approximate surface area is 49.1 Å². The lowest BCUT2D eigenvalue weighted by Gasteiger charge is -2.07. The molecule has 0 saturated carbocycles. The highest BCUT2D eigenvalue weighted by Crippen LogP contribution is 2.14. The molecule has 1 aliphatic rings. The molecule has 48 valence electrons. The maximum absolute atomic E-state index is 10.8. The highest BCUT2D eigenvalue weighted by molar-refractivity contribution is 7.97. The molecule has 0 unspecified atom stereocenters. The Morgan fingerprint density at radius 3 is 2.25 bits per heavy atom. The Hall–Kier alpha value is -0.190. The van der Waals surface area contributed by atoms with Crippen LogP contribution in [0.5, 0.6) is 0 Å². The summed E-state index contributed by atoms with van der Waals surface area (Å²) in [4.78, 5) is 0. The minimum Gasteiger partial charge on any atom is -0.288 e. The van der Waals surface area contributed by atoms with Gasteiger partial charge in [0.1, 0.15) is 0 Å². The molecule has 3 nitrogen and oxygen atoms in total. The average molecular weight is 136 g/mol. The van der Waals surface area contributed by atoms with Crippen molar-refractivity contribution in [1.29, 1.82) is 0 Å². The zero-order chi connectivity index (χ0) is 6.04. The fourth-order valence-electron chi connectivity index (χ4n) is 0.472. The van der Waals surface area contributed by atoms with Gasteiger partial charge in [0.25, 0.3) is 0 Å². The van der Waals surface area contributed by atoms with Crippen LogP contribution in [0, 0.1) is 0 Å². The van der Waals surface area contributed by atoms with Crippen molar-refractivity contribution in [2.45, 2.75) is 0 Å². The zero-order valence-corrected chi connectivity index (χ0v) is 5.27. The topological polar surface area (TPSA) is 35.5 Å². The van der Waals surface area contributed by atoms with E-state index in [1.54, 1.807) is 0 Å². The van der Waals surface area contributed by atoms with Crippen molar-refractivity contribution in [3.63, 3.8) is 0 Å². The maximum Gasteiger partial charge on any atom is 0.0973 e. The summed E-state index contributed by atoms with van der Waals surface area (Å²) in [5, 5.41) is 1.22. The molecule has 0 radical (unpaired) electrons. The molecule has 4 heteroatoms. The van der Waals surface area contributed by atoms with Crippen LogP contribution in [0.4, 0.5) is 0 Å². The van der Waals surface area contributed by atoms with Crippen LogP contribution < -0.4 is 0 Å². The first kappa shape index (κ1) is 5.94. The zero-order valence-electron chi connectivity index (χ0n) is 4.37. The van der Waals surface area contributed by atoms with Gasteiger partial charge in [-0.25, -0.2) is 4.21 Å². The van der Waals surface area contributed by atoms with Crippen LogP contribution in [-0.2, 0) is 18.9 Å². The van der Waals surface area contributed by atoms with E-state index >= 15 is 0 Å². The molecule has 0 aromatic carbocycles.